The van der Waals surface area contributed by atoms with Crippen molar-refractivity contribution in [3.05, 3.63) is 30.1 Å². The number of hydrogen-bond donors (Lipinski definition) is 1. The first-order chi connectivity index (χ1) is 9.20. The first kappa shape index (κ1) is 12.0. The van der Waals surface area contributed by atoms with Gasteiger partial charge in [-0.05, 0) is 37.8 Å². The molecule has 0 aromatic carbocycles. The predicted octanol–water partition coefficient (Wildman–Crippen LogP) is 2.27. The first-order valence-electron chi connectivity index (χ1n) is 6.66. The van der Waals surface area contributed by atoms with Gasteiger partial charge in [0.25, 0.3) is 0 Å². The Hall–Kier alpha value is -2.04. The van der Waals surface area contributed by atoms with E-state index in [1.165, 1.54) is 12.8 Å². The van der Waals surface area contributed by atoms with E-state index in [0.29, 0.717) is 17.4 Å². The van der Waals surface area contributed by atoms with Crippen molar-refractivity contribution in [2.24, 2.45) is 5.92 Å². The number of fused-ring (bicyclic) bond motifs is 1. The van der Waals surface area contributed by atoms with Crippen LogP contribution in [0.1, 0.15) is 30.3 Å². The molecule has 0 spiro atoms. The molecule has 0 radical (unpaired) electrons. The van der Waals surface area contributed by atoms with Gasteiger partial charge in [0.1, 0.15) is 5.65 Å². The van der Waals surface area contributed by atoms with Crippen LogP contribution in [-0.4, -0.2) is 33.6 Å². The second-order valence-corrected chi connectivity index (χ2v) is 5.00. The fourth-order valence-electron chi connectivity index (χ4n) is 2.38. The second kappa shape index (κ2) is 4.57. The number of hydrogen-bond acceptors (Lipinski definition) is 3. The molecule has 2 heterocycles. The summed E-state index contributed by atoms with van der Waals surface area (Å²) in [5, 5.41) is 9.46. The van der Waals surface area contributed by atoms with Gasteiger partial charge in [-0.3, -0.25) is 4.40 Å². The zero-order valence-electron chi connectivity index (χ0n) is 10.9. The molecule has 0 atom stereocenters. The summed E-state index contributed by atoms with van der Waals surface area (Å²) < 4.78 is 1.65. The Bertz CT molecular complexity index is 616. The molecule has 1 saturated carbocycles. The third kappa shape index (κ3) is 2.16. The molecule has 0 saturated heterocycles. The number of carboxylic acids is 1. The number of carboxylic acid groups (broad SMARTS) is 1. The topological polar surface area (TPSA) is 57.8 Å². The van der Waals surface area contributed by atoms with Gasteiger partial charge in [-0.2, -0.15) is 0 Å². The van der Waals surface area contributed by atoms with Crippen LogP contribution in [-0.2, 0) is 0 Å². The number of aromatic carboxylic acids is 1. The molecule has 0 aliphatic heterocycles. The number of carbonyl (C=O) groups is 1. The summed E-state index contributed by atoms with van der Waals surface area (Å²) in [6.07, 6.45) is 4.23. The monoisotopic (exact) mass is 259 g/mol. The van der Waals surface area contributed by atoms with E-state index >= 15 is 0 Å². The van der Waals surface area contributed by atoms with Crippen LogP contribution in [0.2, 0.25) is 0 Å². The molecule has 1 aliphatic carbocycles. The van der Waals surface area contributed by atoms with Crippen molar-refractivity contribution in [3.8, 4) is 0 Å². The summed E-state index contributed by atoms with van der Waals surface area (Å²) >= 11 is 0. The highest BCUT2D eigenvalue weighted by molar-refractivity contribution is 5.93. The molecular weight excluding hydrogens is 242 g/mol. The number of anilines is 1. The second-order valence-electron chi connectivity index (χ2n) is 5.00. The van der Waals surface area contributed by atoms with E-state index in [0.717, 1.165) is 13.1 Å². The molecule has 0 unspecified atom stereocenters. The zero-order valence-corrected chi connectivity index (χ0v) is 10.9. The van der Waals surface area contributed by atoms with Crippen molar-refractivity contribution < 1.29 is 9.90 Å². The highest BCUT2D eigenvalue weighted by atomic mass is 16.4. The first-order valence-corrected chi connectivity index (χ1v) is 6.66. The molecule has 100 valence electrons. The van der Waals surface area contributed by atoms with Gasteiger partial charge in [0.15, 0.2) is 11.5 Å². The van der Waals surface area contributed by atoms with Crippen LogP contribution in [0.5, 0.6) is 0 Å². The van der Waals surface area contributed by atoms with Crippen molar-refractivity contribution in [2.75, 3.05) is 18.0 Å². The predicted molar refractivity (Wildman–Crippen MR) is 72.8 cm³/mol. The molecule has 2 aromatic heterocycles. The highest BCUT2D eigenvalue weighted by Crippen LogP contribution is 2.32. The van der Waals surface area contributed by atoms with Crippen molar-refractivity contribution >= 4 is 17.4 Å². The van der Waals surface area contributed by atoms with Gasteiger partial charge in [0.05, 0.1) is 0 Å². The van der Waals surface area contributed by atoms with E-state index in [9.17, 15) is 9.90 Å². The summed E-state index contributed by atoms with van der Waals surface area (Å²) in [4.78, 5) is 18.1. The van der Waals surface area contributed by atoms with Crippen molar-refractivity contribution in [1.29, 1.82) is 0 Å². The van der Waals surface area contributed by atoms with Gasteiger partial charge in [0, 0.05) is 19.3 Å². The summed E-state index contributed by atoms with van der Waals surface area (Å²) in [7, 11) is 0. The molecule has 5 heteroatoms. The molecule has 1 aliphatic rings. The summed E-state index contributed by atoms with van der Waals surface area (Å²) in [5.41, 5.74) is 0.947. The quantitative estimate of drug-likeness (QED) is 0.895. The molecule has 5 nitrogen and oxygen atoms in total. The lowest BCUT2D eigenvalue weighted by Gasteiger charge is -2.20. The minimum atomic E-state index is -0.928. The molecular formula is C14H17N3O2. The SMILES string of the molecule is CCN(CC1CC1)c1nc2ccccn2c1C(=O)O. The lowest BCUT2D eigenvalue weighted by atomic mass is 10.3. The summed E-state index contributed by atoms with van der Waals surface area (Å²) in [6, 6.07) is 5.53. The van der Waals surface area contributed by atoms with E-state index in [-0.39, 0.29) is 5.69 Å². The minimum absolute atomic E-state index is 0.262. The fraction of sp³-hybridized carbons (Fsp3) is 0.429. The normalized spacial score (nSPS) is 14.8. The maximum atomic E-state index is 11.5. The number of pyridine rings is 1. The van der Waals surface area contributed by atoms with E-state index < -0.39 is 5.97 Å². The van der Waals surface area contributed by atoms with Crippen LogP contribution < -0.4 is 4.90 Å². The lowest BCUT2D eigenvalue weighted by Crippen LogP contribution is -2.27. The van der Waals surface area contributed by atoms with E-state index in [2.05, 4.69) is 9.88 Å². The van der Waals surface area contributed by atoms with E-state index in [1.54, 1.807) is 10.6 Å². The number of rotatable bonds is 5. The summed E-state index contributed by atoms with van der Waals surface area (Å²) in [5.74, 6) is 0.363. The van der Waals surface area contributed by atoms with Crippen LogP contribution >= 0.6 is 0 Å². The van der Waals surface area contributed by atoms with Crippen molar-refractivity contribution in [3.63, 3.8) is 0 Å². The molecule has 0 bridgehead atoms. The van der Waals surface area contributed by atoms with E-state index in [4.69, 9.17) is 0 Å². The smallest absolute Gasteiger partial charge is 0.356 e. The van der Waals surface area contributed by atoms with Crippen molar-refractivity contribution in [2.45, 2.75) is 19.8 Å². The van der Waals surface area contributed by atoms with Gasteiger partial charge in [-0.25, -0.2) is 9.78 Å². The van der Waals surface area contributed by atoms with Gasteiger partial charge in [-0.15, -0.1) is 0 Å². The van der Waals surface area contributed by atoms with Gasteiger partial charge >= 0.3 is 5.97 Å². The van der Waals surface area contributed by atoms with Crippen LogP contribution in [0.3, 0.4) is 0 Å². The summed E-state index contributed by atoms with van der Waals surface area (Å²) in [6.45, 7) is 3.72. The van der Waals surface area contributed by atoms with Gasteiger partial charge in [0.2, 0.25) is 0 Å². The largest absolute Gasteiger partial charge is 0.476 e. The zero-order chi connectivity index (χ0) is 13.4. The average Bonchev–Trinajstić information content (AvgIpc) is 3.13. The third-order valence-electron chi connectivity index (χ3n) is 3.57. The molecule has 1 N–H and O–H groups in total. The number of aromatic nitrogens is 2. The van der Waals surface area contributed by atoms with E-state index in [1.807, 2.05) is 25.1 Å². The van der Waals surface area contributed by atoms with Crippen LogP contribution in [0.25, 0.3) is 5.65 Å². The molecule has 0 amide bonds. The van der Waals surface area contributed by atoms with Crippen LogP contribution in [0.15, 0.2) is 24.4 Å². The van der Waals surface area contributed by atoms with Gasteiger partial charge in [-0.1, -0.05) is 6.07 Å². The Morgan fingerprint density at radius 1 is 1.53 bits per heavy atom. The lowest BCUT2D eigenvalue weighted by molar-refractivity contribution is 0.0690. The Morgan fingerprint density at radius 3 is 2.95 bits per heavy atom. The molecule has 2 aromatic rings. The minimum Gasteiger partial charge on any atom is -0.476 e. The molecule has 3 rings (SSSR count). The fourth-order valence-corrected chi connectivity index (χ4v) is 2.38. The third-order valence-corrected chi connectivity index (χ3v) is 3.57. The Kier molecular flexibility index (Phi) is 2.89. The Morgan fingerprint density at radius 2 is 2.32 bits per heavy atom. The molecule has 19 heavy (non-hydrogen) atoms. The van der Waals surface area contributed by atoms with Gasteiger partial charge < -0.3 is 10.0 Å². The Balaban J connectivity index is 2.09. The molecule has 1 fully saturated rings. The number of nitrogens with zero attached hydrogens (tertiary/aromatic N) is 3. The maximum Gasteiger partial charge on any atom is 0.356 e. The Labute approximate surface area is 111 Å². The standard InChI is InChI=1S/C14H17N3O2/c1-2-16(9-10-6-7-10)13-12(14(18)19)17-8-4-3-5-11(17)15-13/h3-5,8,10H,2,6-7,9H2,1H3,(H,18,19). The number of imidazole rings is 1. The highest BCUT2D eigenvalue weighted by Gasteiger charge is 2.28. The maximum absolute atomic E-state index is 11.5. The van der Waals surface area contributed by atoms with Crippen LogP contribution in [0.4, 0.5) is 5.82 Å². The average molecular weight is 259 g/mol. The van der Waals surface area contributed by atoms with Crippen molar-refractivity contribution in [1.82, 2.24) is 9.38 Å². The van der Waals surface area contributed by atoms with Crippen LogP contribution in [0, 0.1) is 5.92 Å².